The predicted molar refractivity (Wildman–Crippen MR) is 83.4 cm³/mol. The van der Waals surface area contributed by atoms with Gasteiger partial charge in [-0.3, -0.25) is 4.79 Å². The van der Waals surface area contributed by atoms with Crippen molar-refractivity contribution in [2.24, 2.45) is 0 Å². The summed E-state index contributed by atoms with van der Waals surface area (Å²) in [5.41, 5.74) is 1.94. The molecule has 0 bridgehead atoms. The normalized spacial score (nSPS) is 18.4. The van der Waals surface area contributed by atoms with Crippen LogP contribution in [0.2, 0.25) is 0 Å². The fourth-order valence-electron chi connectivity index (χ4n) is 2.22. The maximum Gasteiger partial charge on any atom is 0.227 e. The minimum atomic E-state index is -0.0352. The third-order valence-corrected chi connectivity index (χ3v) is 4.01. The third kappa shape index (κ3) is 3.87. The number of hydrogen-bond donors (Lipinski definition) is 2. The maximum absolute atomic E-state index is 12.0. The number of anilines is 1. The topological polar surface area (TPSA) is 63.2 Å². The van der Waals surface area contributed by atoms with Gasteiger partial charge in [-0.1, -0.05) is 30.3 Å². The van der Waals surface area contributed by atoms with Crippen molar-refractivity contribution in [3.63, 3.8) is 0 Å². The first-order valence-electron chi connectivity index (χ1n) is 6.93. The molecule has 1 saturated heterocycles. The Morgan fingerprint density at radius 3 is 3.05 bits per heavy atom. The molecule has 1 amide bonds. The van der Waals surface area contributed by atoms with Gasteiger partial charge < -0.3 is 15.4 Å². The van der Waals surface area contributed by atoms with Crippen molar-refractivity contribution in [2.45, 2.75) is 12.5 Å². The molecule has 1 aliphatic heterocycles. The average Bonchev–Trinajstić information content (AvgIpc) is 2.97. The molecule has 2 aromatic rings. The Balaban J connectivity index is 1.58. The molecule has 1 aliphatic rings. The second-order valence-electron chi connectivity index (χ2n) is 4.88. The highest BCUT2D eigenvalue weighted by atomic mass is 32.1. The van der Waals surface area contributed by atoms with E-state index in [-0.39, 0.29) is 11.9 Å². The van der Waals surface area contributed by atoms with Gasteiger partial charge >= 0.3 is 0 Å². The highest BCUT2D eigenvalue weighted by molar-refractivity contribution is 7.14. The minimum Gasteiger partial charge on any atom is -0.378 e. The van der Waals surface area contributed by atoms with Crippen LogP contribution in [0.1, 0.15) is 6.42 Å². The number of hydrogen-bond acceptors (Lipinski definition) is 5. The number of nitrogens with zero attached hydrogens (tertiary/aromatic N) is 1. The zero-order valence-corrected chi connectivity index (χ0v) is 12.4. The molecule has 1 unspecified atom stereocenters. The van der Waals surface area contributed by atoms with E-state index in [0.29, 0.717) is 24.8 Å². The summed E-state index contributed by atoms with van der Waals surface area (Å²) in [7, 11) is 0. The van der Waals surface area contributed by atoms with E-state index in [2.05, 4.69) is 15.6 Å². The quantitative estimate of drug-likeness (QED) is 0.908. The second-order valence-corrected chi connectivity index (χ2v) is 5.74. The van der Waals surface area contributed by atoms with Gasteiger partial charge in [0.1, 0.15) is 0 Å². The molecule has 6 heteroatoms. The van der Waals surface area contributed by atoms with Crippen LogP contribution in [0.5, 0.6) is 0 Å². The molecular weight excluding hydrogens is 286 g/mol. The van der Waals surface area contributed by atoms with Gasteiger partial charge in [-0.2, -0.15) is 0 Å². The van der Waals surface area contributed by atoms with Gasteiger partial charge in [0, 0.05) is 30.0 Å². The molecule has 3 rings (SSSR count). The van der Waals surface area contributed by atoms with Crippen molar-refractivity contribution in [3.8, 4) is 11.3 Å². The summed E-state index contributed by atoms with van der Waals surface area (Å²) in [5.74, 6) is -0.0352. The van der Waals surface area contributed by atoms with Crippen LogP contribution in [0.25, 0.3) is 11.3 Å². The van der Waals surface area contributed by atoms with E-state index in [9.17, 15) is 4.79 Å². The number of ether oxygens (including phenoxy) is 1. The molecule has 2 N–H and O–H groups in total. The number of amides is 1. The zero-order chi connectivity index (χ0) is 14.5. The molecule has 0 spiro atoms. The number of nitrogens with one attached hydrogen (secondary N) is 2. The van der Waals surface area contributed by atoms with Crippen LogP contribution in [0, 0.1) is 0 Å². The number of rotatable bonds is 4. The molecule has 1 atom stereocenters. The molecule has 110 valence electrons. The van der Waals surface area contributed by atoms with Crippen LogP contribution in [0.15, 0.2) is 35.7 Å². The lowest BCUT2D eigenvalue weighted by atomic mass is 10.2. The highest BCUT2D eigenvalue weighted by Gasteiger charge is 2.17. The van der Waals surface area contributed by atoms with E-state index in [1.165, 1.54) is 11.3 Å². The van der Waals surface area contributed by atoms with Gasteiger partial charge in [0.25, 0.3) is 0 Å². The lowest BCUT2D eigenvalue weighted by Gasteiger charge is -2.22. The van der Waals surface area contributed by atoms with Gasteiger partial charge in [-0.05, 0) is 0 Å². The van der Waals surface area contributed by atoms with Crippen LogP contribution in [-0.2, 0) is 9.53 Å². The van der Waals surface area contributed by atoms with Crippen molar-refractivity contribution in [1.29, 1.82) is 0 Å². The fourth-order valence-corrected chi connectivity index (χ4v) is 2.95. The Morgan fingerprint density at radius 1 is 1.43 bits per heavy atom. The first-order chi connectivity index (χ1) is 10.3. The number of thiazole rings is 1. The van der Waals surface area contributed by atoms with Crippen LogP contribution >= 0.6 is 11.3 Å². The molecule has 5 nitrogen and oxygen atoms in total. The van der Waals surface area contributed by atoms with Crippen LogP contribution in [-0.4, -0.2) is 36.7 Å². The standard InChI is InChI=1S/C15H17N3O2S/c19-14(8-12-9-20-7-6-16-12)18-15-17-13(10-21-15)11-4-2-1-3-5-11/h1-5,10,12,16H,6-9H2,(H,17,18,19). The predicted octanol–water partition coefficient (Wildman–Crippen LogP) is 2.13. The van der Waals surface area contributed by atoms with Crippen molar-refractivity contribution < 1.29 is 9.53 Å². The summed E-state index contributed by atoms with van der Waals surface area (Å²) >= 11 is 1.44. The minimum absolute atomic E-state index is 0.0352. The van der Waals surface area contributed by atoms with E-state index in [1.54, 1.807) is 0 Å². The Bertz CT molecular complexity index is 594. The zero-order valence-electron chi connectivity index (χ0n) is 11.5. The van der Waals surface area contributed by atoms with Gasteiger partial charge in [-0.25, -0.2) is 4.98 Å². The fraction of sp³-hybridized carbons (Fsp3) is 0.333. The Hall–Kier alpha value is -1.76. The molecule has 0 aliphatic carbocycles. The Kier molecular flexibility index (Phi) is 4.59. The van der Waals surface area contributed by atoms with E-state index in [0.717, 1.165) is 17.8 Å². The van der Waals surface area contributed by atoms with Gasteiger partial charge in [0.05, 0.1) is 18.9 Å². The average molecular weight is 303 g/mol. The smallest absolute Gasteiger partial charge is 0.227 e. The summed E-state index contributed by atoms with van der Waals surface area (Å²) in [6.07, 6.45) is 0.403. The first-order valence-corrected chi connectivity index (χ1v) is 7.81. The molecule has 1 aromatic carbocycles. The van der Waals surface area contributed by atoms with Gasteiger partial charge in [0.15, 0.2) is 5.13 Å². The van der Waals surface area contributed by atoms with E-state index >= 15 is 0 Å². The van der Waals surface area contributed by atoms with Crippen molar-refractivity contribution in [1.82, 2.24) is 10.3 Å². The highest BCUT2D eigenvalue weighted by Crippen LogP contribution is 2.24. The molecule has 1 aromatic heterocycles. The Labute approximate surface area is 127 Å². The van der Waals surface area contributed by atoms with E-state index < -0.39 is 0 Å². The number of aromatic nitrogens is 1. The SMILES string of the molecule is O=C(CC1COCCN1)Nc1nc(-c2ccccc2)cs1. The van der Waals surface area contributed by atoms with Gasteiger partial charge in [0.2, 0.25) is 5.91 Å². The molecular formula is C15H17N3O2S. The number of morpholine rings is 1. The van der Waals surface area contributed by atoms with Crippen LogP contribution < -0.4 is 10.6 Å². The molecule has 1 fully saturated rings. The number of benzene rings is 1. The van der Waals surface area contributed by atoms with Crippen molar-refractivity contribution >= 4 is 22.4 Å². The lowest BCUT2D eigenvalue weighted by molar-refractivity contribution is -0.117. The first kappa shape index (κ1) is 14.2. The van der Waals surface area contributed by atoms with Crippen molar-refractivity contribution in [3.05, 3.63) is 35.7 Å². The molecule has 0 saturated carbocycles. The molecule has 21 heavy (non-hydrogen) atoms. The summed E-state index contributed by atoms with van der Waals surface area (Å²) in [6, 6.07) is 10.0. The van der Waals surface area contributed by atoms with E-state index in [1.807, 2.05) is 35.7 Å². The molecule has 2 heterocycles. The van der Waals surface area contributed by atoms with E-state index in [4.69, 9.17) is 4.74 Å². The summed E-state index contributed by atoms with van der Waals surface area (Å²) in [5, 5.41) is 8.70. The van der Waals surface area contributed by atoms with Crippen LogP contribution in [0.4, 0.5) is 5.13 Å². The van der Waals surface area contributed by atoms with Gasteiger partial charge in [-0.15, -0.1) is 11.3 Å². The summed E-state index contributed by atoms with van der Waals surface area (Å²) in [4.78, 5) is 16.4. The molecule has 0 radical (unpaired) electrons. The van der Waals surface area contributed by atoms with Crippen molar-refractivity contribution in [2.75, 3.05) is 25.1 Å². The third-order valence-electron chi connectivity index (χ3n) is 3.25. The number of carbonyl (C=O) groups excluding carboxylic acids is 1. The Morgan fingerprint density at radius 2 is 2.29 bits per heavy atom. The monoisotopic (exact) mass is 303 g/mol. The number of carbonyl (C=O) groups is 1. The lowest BCUT2D eigenvalue weighted by Crippen LogP contribution is -2.43. The second kappa shape index (κ2) is 6.80. The largest absolute Gasteiger partial charge is 0.378 e. The van der Waals surface area contributed by atoms with Crippen LogP contribution in [0.3, 0.4) is 0 Å². The summed E-state index contributed by atoms with van der Waals surface area (Å²) in [6.45, 7) is 2.10. The summed E-state index contributed by atoms with van der Waals surface area (Å²) < 4.78 is 5.34. The maximum atomic E-state index is 12.0.